The summed E-state index contributed by atoms with van der Waals surface area (Å²) in [5.41, 5.74) is 1.01. The molecule has 0 bridgehead atoms. The van der Waals surface area contributed by atoms with Crippen molar-refractivity contribution in [3.63, 3.8) is 0 Å². The van der Waals surface area contributed by atoms with Crippen molar-refractivity contribution in [1.29, 1.82) is 0 Å². The first kappa shape index (κ1) is 7.85. The molecule has 0 N–H and O–H groups in total. The Bertz CT molecular complexity index is 517. The summed E-state index contributed by atoms with van der Waals surface area (Å²) in [6, 6.07) is 0. The normalized spacial score (nSPS) is 10.6. The summed E-state index contributed by atoms with van der Waals surface area (Å²) in [5, 5.41) is 0.493. The highest BCUT2D eigenvalue weighted by atomic mass is 16.1. The number of hydrogen-bond acceptors (Lipinski definition) is 4. The van der Waals surface area contributed by atoms with E-state index in [1.807, 2.05) is 0 Å². The zero-order chi connectivity index (χ0) is 9.42. The average molecular weight is 176 g/mol. The van der Waals surface area contributed by atoms with E-state index in [0.29, 0.717) is 16.7 Å². The summed E-state index contributed by atoms with van der Waals surface area (Å²) in [4.78, 5) is 23.5. The largest absolute Gasteiger partial charge is 0.302 e. The van der Waals surface area contributed by atoms with Gasteiger partial charge in [0.1, 0.15) is 11.7 Å². The number of hydrogen-bond donors (Lipinski definition) is 0. The Morgan fingerprint density at radius 3 is 2.85 bits per heavy atom. The predicted octanol–water partition coefficient (Wildman–Crippen LogP) is 0.0319. The van der Waals surface area contributed by atoms with Crippen LogP contribution in [0.1, 0.15) is 5.69 Å². The van der Waals surface area contributed by atoms with E-state index in [1.54, 1.807) is 14.0 Å². The van der Waals surface area contributed by atoms with Gasteiger partial charge in [-0.1, -0.05) is 0 Å². The zero-order valence-electron chi connectivity index (χ0n) is 7.35. The van der Waals surface area contributed by atoms with Crippen LogP contribution in [0.3, 0.4) is 0 Å². The Morgan fingerprint density at radius 2 is 2.08 bits per heavy atom. The molecule has 2 heterocycles. The van der Waals surface area contributed by atoms with E-state index in [0.717, 1.165) is 0 Å². The number of fused-ring (bicyclic) bond motifs is 1. The minimum Gasteiger partial charge on any atom is -0.302 e. The Hall–Kier alpha value is -1.78. The maximum Gasteiger partial charge on any atom is 0.264 e. The van der Waals surface area contributed by atoms with Crippen molar-refractivity contribution < 1.29 is 0 Å². The van der Waals surface area contributed by atoms with Crippen molar-refractivity contribution in [3.8, 4) is 0 Å². The molecular weight excluding hydrogens is 168 g/mol. The van der Waals surface area contributed by atoms with Gasteiger partial charge in [-0.3, -0.25) is 4.79 Å². The van der Waals surface area contributed by atoms with E-state index in [2.05, 4.69) is 15.0 Å². The van der Waals surface area contributed by atoms with E-state index in [1.165, 1.54) is 17.2 Å². The molecule has 66 valence electrons. The summed E-state index contributed by atoms with van der Waals surface area (Å²) in [6.07, 6.45) is 2.86. The lowest BCUT2D eigenvalue weighted by atomic mass is 10.3. The van der Waals surface area contributed by atoms with Crippen molar-refractivity contribution in [1.82, 2.24) is 19.5 Å². The Kier molecular flexibility index (Phi) is 1.58. The first-order chi connectivity index (χ1) is 6.20. The number of nitrogens with zero attached hydrogens (tertiary/aromatic N) is 4. The van der Waals surface area contributed by atoms with Crippen molar-refractivity contribution in [2.45, 2.75) is 6.92 Å². The Labute approximate surface area is 74.1 Å². The van der Waals surface area contributed by atoms with Crippen LogP contribution >= 0.6 is 0 Å². The zero-order valence-corrected chi connectivity index (χ0v) is 7.35. The molecule has 0 unspecified atom stereocenters. The lowest BCUT2D eigenvalue weighted by Crippen LogP contribution is -2.18. The van der Waals surface area contributed by atoms with Crippen molar-refractivity contribution >= 4 is 11.0 Å². The van der Waals surface area contributed by atoms with Gasteiger partial charge in [-0.25, -0.2) is 15.0 Å². The lowest BCUT2D eigenvalue weighted by molar-refractivity contribution is 0.836. The minimum absolute atomic E-state index is 0.108. The first-order valence-corrected chi connectivity index (χ1v) is 3.83. The van der Waals surface area contributed by atoms with Gasteiger partial charge in [0.15, 0.2) is 5.65 Å². The monoisotopic (exact) mass is 176 g/mol. The molecule has 0 amide bonds. The van der Waals surface area contributed by atoms with Gasteiger partial charge < -0.3 is 4.57 Å². The fourth-order valence-electron chi connectivity index (χ4n) is 1.18. The van der Waals surface area contributed by atoms with E-state index < -0.39 is 0 Å². The third-order valence-corrected chi connectivity index (χ3v) is 1.90. The van der Waals surface area contributed by atoms with Crippen LogP contribution in [0.2, 0.25) is 0 Å². The van der Waals surface area contributed by atoms with E-state index >= 15 is 0 Å². The van der Waals surface area contributed by atoms with Gasteiger partial charge in [0.25, 0.3) is 5.56 Å². The fourth-order valence-corrected chi connectivity index (χ4v) is 1.18. The Morgan fingerprint density at radius 1 is 1.31 bits per heavy atom. The maximum atomic E-state index is 11.6. The highest BCUT2D eigenvalue weighted by Crippen LogP contribution is 2.04. The molecule has 0 fully saturated rings. The van der Waals surface area contributed by atoms with E-state index in [9.17, 15) is 4.79 Å². The topological polar surface area (TPSA) is 60.7 Å². The molecule has 5 nitrogen and oxygen atoms in total. The third kappa shape index (κ3) is 1.09. The quantitative estimate of drug-likeness (QED) is 0.568. The molecule has 0 radical (unpaired) electrons. The highest BCUT2D eigenvalue weighted by Gasteiger charge is 2.05. The highest BCUT2D eigenvalue weighted by molar-refractivity contribution is 5.75. The second kappa shape index (κ2) is 2.62. The fraction of sp³-hybridized carbons (Fsp3) is 0.250. The van der Waals surface area contributed by atoms with Crippen LogP contribution in [0.25, 0.3) is 11.0 Å². The lowest BCUT2D eigenvalue weighted by Gasteiger charge is -2.00. The molecule has 0 aromatic carbocycles. The van der Waals surface area contributed by atoms with Gasteiger partial charge in [0, 0.05) is 7.05 Å². The van der Waals surface area contributed by atoms with Crippen LogP contribution in [-0.2, 0) is 7.05 Å². The average Bonchev–Trinajstić information content (AvgIpc) is 2.12. The number of aromatic nitrogens is 4. The Balaban J connectivity index is 3.06. The summed E-state index contributed by atoms with van der Waals surface area (Å²) in [6.45, 7) is 1.77. The summed E-state index contributed by atoms with van der Waals surface area (Å²) in [7, 11) is 1.65. The SMILES string of the molecule is Cc1ncnc2ncn(C)c(=O)c12. The van der Waals surface area contributed by atoms with Crippen LogP contribution in [-0.4, -0.2) is 19.5 Å². The van der Waals surface area contributed by atoms with Gasteiger partial charge in [-0.05, 0) is 6.92 Å². The van der Waals surface area contributed by atoms with Gasteiger partial charge >= 0.3 is 0 Å². The van der Waals surface area contributed by atoms with Crippen LogP contribution in [0.5, 0.6) is 0 Å². The molecule has 2 aromatic rings. The maximum absolute atomic E-state index is 11.6. The van der Waals surface area contributed by atoms with E-state index in [4.69, 9.17) is 0 Å². The summed E-state index contributed by atoms with van der Waals surface area (Å²) < 4.78 is 1.42. The smallest absolute Gasteiger partial charge is 0.264 e. The standard InChI is InChI=1S/C8H8N4O/c1-5-6-7(10-3-9-5)11-4-12(2)8(6)13/h3-4H,1-2H3. The van der Waals surface area contributed by atoms with Gasteiger partial charge in [0.2, 0.25) is 0 Å². The molecule has 2 aromatic heterocycles. The molecule has 2 rings (SSSR count). The number of aryl methyl sites for hydroxylation is 2. The van der Waals surface area contributed by atoms with Gasteiger partial charge in [-0.15, -0.1) is 0 Å². The first-order valence-electron chi connectivity index (χ1n) is 3.83. The molecule has 0 saturated heterocycles. The second-order valence-corrected chi connectivity index (χ2v) is 2.82. The van der Waals surface area contributed by atoms with Crippen molar-refractivity contribution in [2.75, 3.05) is 0 Å². The van der Waals surface area contributed by atoms with Crippen molar-refractivity contribution in [3.05, 3.63) is 28.7 Å². The molecule has 0 spiro atoms. The van der Waals surface area contributed by atoms with E-state index in [-0.39, 0.29) is 5.56 Å². The molecule has 0 aliphatic rings. The van der Waals surface area contributed by atoms with Gasteiger partial charge in [-0.2, -0.15) is 0 Å². The molecule has 0 aliphatic carbocycles. The van der Waals surface area contributed by atoms with Crippen LogP contribution in [0.4, 0.5) is 0 Å². The molecule has 13 heavy (non-hydrogen) atoms. The third-order valence-electron chi connectivity index (χ3n) is 1.90. The van der Waals surface area contributed by atoms with Crippen molar-refractivity contribution in [2.24, 2.45) is 7.05 Å². The number of rotatable bonds is 0. The molecular formula is C8H8N4O. The summed E-state index contributed by atoms with van der Waals surface area (Å²) in [5.74, 6) is 0. The molecule has 0 saturated carbocycles. The molecule has 5 heteroatoms. The second-order valence-electron chi connectivity index (χ2n) is 2.82. The van der Waals surface area contributed by atoms with Crippen LogP contribution < -0.4 is 5.56 Å². The predicted molar refractivity (Wildman–Crippen MR) is 47.3 cm³/mol. The van der Waals surface area contributed by atoms with Crippen LogP contribution in [0, 0.1) is 6.92 Å². The van der Waals surface area contributed by atoms with Gasteiger partial charge in [0.05, 0.1) is 12.0 Å². The van der Waals surface area contributed by atoms with Crippen LogP contribution in [0.15, 0.2) is 17.4 Å². The minimum atomic E-state index is -0.108. The summed E-state index contributed by atoms with van der Waals surface area (Å²) >= 11 is 0. The molecule has 0 atom stereocenters. The molecule has 0 aliphatic heterocycles.